The second-order valence-corrected chi connectivity index (χ2v) is 6.69. The molecule has 1 aromatic heterocycles. The minimum atomic E-state index is -0.420. The Labute approximate surface area is 133 Å². The van der Waals surface area contributed by atoms with Crippen LogP contribution in [0.25, 0.3) is 0 Å². The Morgan fingerprint density at radius 2 is 2.14 bits per heavy atom. The number of hydrogen-bond acceptors (Lipinski definition) is 2. The average Bonchev–Trinajstić information content (AvgIpc) is 2.48. The Kier molecular flexibility index (Phi) is 6.15. The van der Waals surface area contributed by atoms with Crippen molar-refractivity contribution in [2.45, 2.75) is 51.9 Å². The van der Waals surface area contributed by atoms with Crippen molar-refractivity contribution in [2.75, 3.05) is 5.32 Å². The lowest BCUT2D eigenvalue weighted by Crippen LogP contribution is -2.27. The molecule has 0 aliphatic heterocycles. The summed E-state index contributed by atoms with van der Waals surface area (Å²) in [5.74, 6) is 0.820. The molecule has 1 aromatic rings. The van der Waals surface area contributed by atoms with Gasteiger partial charge in [-0.05, 0) is 53.6 Å². The van der Waals surface area contributed by atoms with Crippen LogP contribution < -0.4 is 5.32 Å². The first-order chi connectivity index (χ1) is 10.1. The fourth-order valence-corrected chi connectivity index (χ4v) is 3.35. The second-order valence-electron chi connectivity index (χ2n) is 5.83. The largest absolute Gasteiger partial charge is 0.310 e. The number of anilines is 1. The summed E-state index contributed by atoms with van der Waals surface area (Å²) in [5.41, 5.74) is 0. The molecule has 0 aromatic carbocycles. The van der Waals surface area contributed by atoms with E-state index < -0.39 is 5.82 Å². The van der Waals surface area contributed by atoms with Crippen LogP contribution in [0.2, 0.25) is 0 Å². The van der Waals surface area contributed by atoms with Gasteiger partial charge >= 0.3 is 0 Å². The van der Waals surface area contributed by atoms with E-state index in [0.717, 1.165) is 37.8 Å². The SMILES string of the molecule is CCCCC1CCC(C(=O)Nc2ncc(F)cc2Br)CC1. The van der Waals surface area contributed by atoms with Gasteiger partial charge in [-0.3, -0.25) is 4.79 Å². The highest BCUT2D eigenvalue weighted by molar-refractivity contribution is 9.10. The first kappa shape index (κ1) is 16.4. The lowest BCUT2D eigenvalue weighted by Gasteiger charge is -2.27. The number of rotatable bonds is 5. The summed E-state index contributed by atoms with van der Waals surface area (Å²) in [6, 6.07) is 1.31. The Morgan fingerprint density at radius 1 is 1.43 bits per heavy atom. The number of pyridine rings is 1. The molecule has 1 aliphatic rings. The Morgan fingerprint density at radius 3 is 2.76 bits per heavy atom. The molecule has 1 fully saturated rings. The molecule has 0 atom stereocenters. The molecule has 1 aliphatic carbocycles. The lowest BCUT2D eigenvalue weighted by atomic mass is 9.79. The van der Waals surface area contributed by atoms with Crippen molar-refractivity contribution < 1.29 is 9.18 Å². The molecule has 1 saturated carbocycles. The first-order valence-electron chi connectivity index (χ1n) is 7.72. The van der Waals surface area contributed by atoms with E-state index in [1.807, 2.05) is 0 Å². The molecule has 1 amide bonds. The van der Waals surface area contributed by atoms with Gasteiger partial charge in [0.25, 0.3) is 0 Å². The zero-order valence-corrected chi connectivity index (χ0v) is 14.0. The van der Waals surface area contributed by atoms with E-state index in [1.165, 1.54) is 25.3 Å². The first-order valence-corrected chi connectivity index (χ1v) is 8.51. The third kappa shape index (κ3) is 4.77. The normalized spacial score (nSPS) is 22.0. The number of carbonyl (C=O) groups is 1. The second kappa shape index (κ2) is 7.87. The zero-order chi connectivity index (χ0) is 15.2. The van der Waals surface area contributed by atoms with Gasteiger partial charge in [0.2, 0.25) is 5.91 Å². The van der Waals surface area contributed by atoms with E-state index in [0.29, 0.717) is 10.3 Å². The molecule has 3 nitrogen and oxygen atoms in total. The number of carbonyl (C=O) groups excluding carboxylic acids is 1. The van der Waals surface area contributed by atoms with Crippen LogP contribution in [0.5, 0.6) is 0 Å². The molecule has 21 heavy (non-hydrogen) atoms. The zero-order valence-electron chi connectivity index (χ0n) is 12.4. The summed E-state index contributed by atoms with van der Waals surface area (Å²) in [5, 5.41) is 2.80. The maximum absolute atomic E-state index is 13.0. The fraction of sp³-hybridized carbons (Fsp3) is 0.625. The highest BCUT2D eigenvalue weighted by Crippen LogP contribution is 2.33. The Balaban J connectivity index is 1.84. The van der Waals surface area contributed by atoms with Crippen LogP contribution in [-0.2, 0) is 4.79 Å². The van der Waals surface area contributed by atoms with Crippen LogP contribution in [0.1, 0.15) is 51.9 Å². The van der Waals surface area contributed by atoms with Crippen molar-refractivity contribution >= 4 is 27.7 Å². The van der Waals surface area contributed by atoms with Gasteiger partial charge in [0.1, 0.15) is 11.6 Å². The van der Waals surface area contributed by atoms with Crippen molar-refractivity contribution in [1.82, 2.24) is 4.98 Å². The van der Waals surface area contributed by atoms with Gasteiger partial charge in [-0.15, -0.1) is 0 Å². The molecule has 0 spiro atoms. The minimum absolute atomic E-state index is 0.00347. The van der Waals surface area contributed by atoms with Crippen LogP contribution in [-0.4, -0.2) is 10.9 Å². The van der Waals surface area contributed by atoms with Crippen molar-refractivity contribution in [3.63, 3.8) is 0 Å². The molecule has 0 saturated heterocycles. The topological polar surface area (TPSA) is 42.0 Å². The van der Waals surface area contributed by atoms with E-state index >= 15 is 0 Å². The van der Waals surface area contributed by atoms with Crippen molar-refractivity contribution in [3.05, 3.63) is 22.6 Å². The standard InChI is InChI=1S/C16H22BrFN2O/c1-2-3-4-11-5-7-12(8-6-11)16(21)20-15-14(17)9-13(18)10-19-15/h9-12H,2-8H2,1H3,(H,19,20,21). The molecular weight excluding hydrogens is 335 g/mol. The minimum Gasteiger partial charge on any atom is -0.310 e. The predicted molar refractivity (Wildman–Crippen MR) is 85.5 cm³/mol. The van der Waals surface area contributed by atoms with Crippen LogP contribution in [0.3, 0.4) is 0 Å². The maximum Gasteiger partial charge on any atom is 0.228 e. The summed E-state index contributed by atoms with van der Waals surface area (Å²) < 4.78 is 13.5. The van der Waals surface area contributed by atoms with Crippen LogP contribution in [0, 0.1) is 17.7 Å². The smallest absolute Gasteiger partial charge is 0.228 e. The van der Waals surface area contributed by atoms with Gasteiger partial charge in [-0.25, -0.2) is 9.37 Å². The molecule has 116 valence electrons. The molecule has 2 rings (SSSR count). The highest BCUT2D eigenvalue weighted by atomic mass is 79.9. The third-order valence-electron chi connectivity index (χ3n) is 4.23. The van der Waals surface area contributed by atoms with E-state index in [4.69, 9.17) is 0 Å². The summed E-state index contributed by atoms with van der Waals surface area (Å²) in [6.07, 6.45) is 9.08. The molecule has 0 radical (unpaired) electrons. The number of hydrogen-bond donors (Lipinski definition) is 1. The van der Waals surface area contributed by atoms with Crippen LogP contribution in [0.4, 0.5) is 10.2 Å². The maximum atomic E-state index is 13.0. The van der Waals surface area contributed by atoms with Crippen molar-refractivity contribution in [1.29, 1.82) is 0 Å². The van der Waals surface area contributed by atoms with Gasteiger partial charge in [0.15, 0.2) is 0 Å². The Hall–Kier alpha value is -0.970. The monoisotopic (exact) mass is 356 g/mol. The summed E-state index contributed by atoms with van der Waals surface area (Å²) in [6.45, 7) is 2.21. The molecule has 5 heteroatoms. The summed E-state index contributed by atoms with van der Waals surface area (Å²) >= 11 is 3.22. The van der Waals surface area contributed by atoms with E-state index in [1.54, 1.807) is 0 Å². The fourth-order valence-electron chi connectivity index (χ4n) is 2.93. The van der Waals surface area contributed by atoms with Gasteiger partial charge in [-0.2, -0.15) is 0 Å². The molecule has 1 N–H and O–H groups in total. The predicted octanol–water partition coefficient (Wildman–Crippen LogP) is 4.92. The van der Waals surface area contributed by atoms with Gasteiger partial charge in [0.05, 0.1) is 10.7 Å². The average molecular weight is 357 g/mol. The van der Waals surface area contributed by atoms with E-state index in [-0.39, 0.29) is 11.8 Å². The Bertz CT molecular complexity index is 487. The number of amides is 1. The highest BCUT2D eigenvalue weighted by Gasteiger charge is 2.26. The van der Waals surface area contributed by atoms with Crippen LogP contribution >= 0.6 is 15.9 Å². The van der Waals surface area contributed by atoms with Crippen LogP contribution in [0.15, 0.2) is 16.7 Å². The van der Waals surface area contributed by atoms with Crippen molar-refractivity contribution in [2.24, 2.45) is 11.8 Å². The quantitative estimate of drug-likeness (QED) is 0.813. The molecular formula is C16H22BrFN2O. The number of nitrogens with zero attached hydrogens (tertiary/aromatic N) is 1. The van der Waals surface area contributed by atoms with Gasteiger partial charge in [0, 0.05) is 5.92 Å². The van der Waals surface area contributed by atoms with Crippen molar-refractivity contribution in [3.8, 4) is 0 Å². The van der Waals surface area contributed by atoms with E-state index in [2.05, 4.69) is 33.2 Å². The number of nitrogens with one attached hydrogen (secondary N) is 1. The number of halogens is 2. The third-order valence-corrected chi connectivity index (χ3v) is 4.84. The number of aromatic nitrogens is 1. The van der Waals surface area contributed by atoms with E-state index in [9.17, 15) is 9.18 Å². The number of unbranched alkanes of at least 4 members (excludes halogenated alkanes) is 1. The molecule has 0 unspecified atom stereocenters. The lowest BCUT2D eigenvalue weighted by molar-refractivity contribution is -0.121. The van der Waals surface area contributed by atoms with Gasteiger partial charge < -0.3 is 5.32 Å². The molecule has 0 bridgehead atoms. The van der Waals surface area contributed by atoms with Gasteiger partial charge in [-0.1, -0.05) is 26.2 Å². The summed E-state index contributed by atoms with van der Waals surface area (Å²) in [7, 11) is 0. The summed E-state index contributed by atoms with van der Waals surface area (Å²) in [4.78, 5) is 16.2. The molecule has 1 heterocycles.